The van der Waals surface area contributed by atoms with Gasteiger partial charge in [-0.05, 0) is 74.3 Å². The van der Waals surface area contributed by atoms with Gasteiger partial charge in [0.05, 0.1) is 16.6 Å². The highest BCUT2D eigenvalue weighted by atomic mass is 35.5. The van der Waals surface area contributed by atoms with Gasteiger partial charge in [-0.15, -0.1) is 11.3 Å². The maximum atomic E-state index is 13.4. The van der Waals surface area contributed by atoms with Gasteiger partial charge in [0.1, 0.15) is 11.1 Å². The summed E-state index contributed by atoms with van der Waals surface area (Å²) in [5.41, 5.74) is 5.25. The molecule has 1 N–H and O–H groups in total. The number of pyridine rings is 1. The summed E-state index contributed by atoms with van der Waals surface area (Å²) in [6, 6.07) is 7.82. The summed E-state index contributed by atoms with van der Waals surface area (Å²) in [6.07, 6.45) is 6.91. The van der Waals surface area contributed by atoms with Crippen molar-refractivity contribution in [3.05, 3.63) is 56.0 Å². The van der Waals surface area contributed by atoms with Crippen LogP contribution in [0, 0.1) is 11.3 Å². The monoisotopic (exact) mass is 407 g/mol. The molecule has 2 aliphatic carbocycles. The van der Waals surface area contributed by atoms with Crippen molar-refractivity contribution in [3.8, 4) is 6.07 Å². The van der Waals surface area contributed by atoms with E-state index in [0.29, 0.717) is 21.2 Å². The summed E-state index contributed by atoms with van der Waals surface area (Å²) < 4.78 is 0. The lowest BCUT2D eigenvalue weighted by molar-refractivity contribution is 0.102. The third-order valence-electron chi connectivity index (χ3n) is 5.71. The Morgan fingerprint density at radius 2 is 1.96 bits per heavy atom. The molecular formula is C22H18ClN3OS. The molecule has 0 unspecified atom stereocenters. The van der Waals surface area contributed by atoms with Gasteiger partial charge in [-0.25, -0.2) is 0 Å². The van der Waals surface area contributed by atoms with Crippen molar-refractivity contribution >= 4 is 44.7 Å². The van der Waals surface area contributed by atoms with E-state index in [9.17, 15) is 10.1 Å². The van der Waals surface area contributed by atoms with E-state index in [0.717, 1.165) is 72.7 Å². The smallest absolute Gasteiger partial charge is 0.257 e. The molecule has 140 valence electrons. The number of aromatic nitrogens is 1. The Morgan fingerprint density at radius 3 is 2.82 bits per heavy atom. The molecule has 6 heteroatoms. The fourth-order valence-corrected chi connectivity index (χ4v) is 5.84. The predicted molar refractivity (Wildman–Crippen MR) is 112 cm³/mol. The molecule has 0 fully saturated rings. The van der Waals surface area contributed by atoms with E-state index in [1.807, 2.05) is 12.1 Å². The molecule has 2 heterocycles. The largest absolute Gasteiger partial charge is 0.312 e. The first-order valence-electron chi connectivity index (χ1n) is 9.62. The van der Waals surface area contributed by atoms with Gasteiger partial charge in [0, 0.05) is 21.0 Å². The zero-order valence-electron chi connectivity index (χ0n) is 15.3. The number of anilines is 1. The van der Waals surface area contributed by atoms with Gasteiger partial charge in [0.2, 0.25) is 0 Å². The van der Waals surface area contributed by atoms with Crippen LogP contribution in [0.15, 0.2) is 18.2 Å². The summed E-state index contributed by atoms with van der Waals surface area (Å²) in [6.45, 7) is 0. The summed E-state index contributed by atoms with van der Waals surface area (Å²) >= 11 is 7.78. The van der Waals surface area contributed by atoms with Crippen LogP contribution in [0.3, 0.4) is 0 Å². The number of rotatable bonds is 2. The molecule has 5 rings (SSSR count). The number of hydrogen-bond donors (Lipinski definition) is 1. The number of fused-ring (bicyclic) bond motifs is 3. The van der Waals surface area contributed by atoms with Crippen molar-refractivity contribution in [2.24, 2.45) is 0 Å². The fourth-order valence-electron chi connectivity index (χ4n) is 4.43. The predicted octanol–water partition coefficient (Wildman–Crippen LogP) is 5.44. The van der Waals surface area contributed by atoms with Crippen LogP contribution >= 0.6 is 22.9 Å². The number of hydrogen-bond acceptors (Lipinski definition) is 4. The van der Waals surface area contributed by atoms with E-state index in [1.165, 1.54) is 4.88 Å². The molecule has 0 saturated carbocycles. The van der Waals surface area contributed by atoms with Crippen LogP contribution in [0.1, 0.15) is 56.9 Å². The number of halogens is 1. The highest BCUT2D eigenvalue weighted by Gasteiger charge is 2.27. The van der Waals surface area contributed by atoms with Gasteiger partial charge in [-0.3, -0.25) is 9.78 Å². The van der Waals surface area contributed by atoms with Gasteiger partial charge in [0.25, 0.3) is 5.91 Å². The van der Waals surface area contributed by atoms with Gasteiger partial charge in [0.15, 0.2) is 0 Å². The normalized spacial score (nSPS) is 15.1. The van der Waals surface area contributed by atoms with Crippen molar-refractivity contribution < 1.29 is 4.79 Å². The standard InChI is InChI=1S/C22H18ClN3OS/c23-12-8-9-18-15(10-12)20(14-5-3-6-17(14)25-18)21(27)26-22-16(11-24)13-4-1-2-7-19(13)28-22/h8-10H,1-7H2,(H,26,27). The molecule has 0 spiro atoms. The summed E-state index contributed by atoms with van der Waals surface area (Å²) in [5.74, 6) is -0.164. The van der Waals surface area contributed by atoms with Crippen LogP contribution in [0.5, 0.6) is 0 Å². The van der Waals surface area contributed by atoms with Crippen LogP contribution in [0.2, 0.25) is 5.02 Å². The third-order valence-corrected chi connectivity index (χ3v) is 7.15. The molecule has 4 nitrogen and oxygen atoms in total. The molecule has 1 aromatic carbocycles. The Morgan fingerprint density at radius 1 is 1.14 bits per heavy atom. The van der Waals surface area contributed by atoms with Crippen molar-refractivity contribution in [3.63, 3.8) is 0 Å². The van der Waals surface area contributed by atoms with Gasteiger partial charge >= 0.3 is 0 Å². The number of amides is 1. The third kappa shape index (κ3) is 2.80. The van der Waals surface area contributed by atoms with E-state index in [1.54, 1.807) is 17.4 Å². The highest BCUT2D eigenvalue weighted by molar-refractivity contribution is 7.16. The topological polar surface area (TPSA) is 65.8 Å². The minimum atomic E-state index is -0.164. The molecule has 0 radical (unpaired) electrons. The quantitative estimate of drug-likeness (QED) is 0.614. The average Bonchev–Trinajstić information content (AvgIpc) is 3.29. The highest BCUT2D eigenvalue weighted by Crippen LogP contribution is 2.39. The van der Waals surface area contributed by atoms with Gasteiger partial charge in [-0.1, -0.05) is 11.6 Å². The molecule has 3 aromatic rings. The van der Waals surface area contributed by atoms with E-state index >= 15 is 0 Å². The Balaban J connectivity index is 1.62. The molecule has 1 amide bonds. The lowest BCUT2D eigenvalue weighted by atomic mass is 9.96. The number of nitrogens with one attached hydrogen (secondary N) is 1. The summed E-state index contributed by atoms with van der Waals surface area (Å²) in [7, 11) is 0. The Kier molecular flexibility index (Phi) is 4.34. The van der Waals surface area contributed by atoms with Crippen LogP contribution in [-0.2, 0) is 25.7 Å². The van der Waals surface area contributed by atoms with Gasteiger partial charge in [-0.2, -0.15) is 5.26 Å². The van der Waals surface area contributed by atoms with Crippen LogP contribution < -0.4 is 5.32 Å². The molecule has 0 bridgehead atoms. The number of nitrogens with zero attached hydrogens (tertiary/aromatic N) is 2. The number of nitriles is 1. The van der Waals surface area contributed by atoms with Crippen molar-refractivity contribution in [2.45, 2.75) is 44.9 Å². The molecule has 2 aromatic heterocycles. The van der Waals surface area contributed by atoms with Crippen LogP contribution in [0.25, 0.3) is 10.9 Å². The lowest BCUT2D eigenvalue weighted by Crippen LogP contribution is -2.15. The Hall–Kier alpha value is -2.42. The molecule has 0 atom stereocenters. The van der Waals surface area contributed by atoms with Crippen LogP contribution in [0.4, 0.5) is 5.00 Å². The SMILES string of the molecule is N#Cc1c(NC(=O)c2c3c(nc4ccc(Cl)cc24)CCC3)sc2c1CCCC2. The number of carbonyl (C=O) groups is 1. The van der Waals surface area contributed by atoms with E-state index in [-0.39, 0.29) is 5.91 Å². The fraction of sp³-hybridized carbons (Fsp3) is 0.318. The van der Waals surface area contributed by atoms with Crippen molar-refractivity contribution in [1.29, 1.82) is 5.26 Å². The first kappa shape index (κ1) is 17.7. The molecule has 0 aliphatic heterocycles. The molecule has 0 saturated heterocycles. The second-order valence-corrected chi connectivity index (χ2v) is 8.95. The van der Waals surface area contributed by atoms with E-state index < -0.39 is 0 Å². The summed E-state index contributed by atoms with van der Waals surface area (Å²) in [4.78, 5) is 19.4. The second kappa shape index (κ2) is 6.88. The average molecular weight is 408 g/mol. The van der Waals surface area contributed by atoms with E-state index in [2.05, 4.69) is 11.4 Å². The molecule has 2 aliphatic rings. The molecule has 28 heavy (non-hydrogen) atoms. The van der Waals surface area contributed by atoms with Gasteiger partial charge < -0.3 is 5.32 Å². The summed E-state index contributed by atoms with van der Waals surface area (Å²) in [5, 5.41) is 14.8. The second-order valence-electron chi connectivity index (χ2n) is 7.41. The van der Waals surface area contributed by atoms with Crippen molar-refractivity contribution in [2.75, 3.05) is 5.32 Å². The zero-order chi connectivity index (χ0) is 19.3. The first-order valence-corrected chi connectivity index (χ1v) is 10.8. The minimum Gasteiger partial charge on any atom is -0.312 e. The number of carbonyl (C=O) groups excluding carboxylic acids is 1. The maximum Gasteiger partial charge on any atom is 0.257 e. The zero-order valence-corrected chi connectivity index (χ0v) is 16.8. The molecular weight excluding hydrogens is 390 g/mol. The lowest BCUT2D eigenvalue weighted by Gasteiger charge is -2.13. The van der Waals surface area contributed by atoms with Crippen LogP contribution in [-0.4, -0.2) is 10.9 Å². The number of benzene rings is 1. The van der Waals surface area contributed by atoms with E-state index in [4.69, 9.17) is 16.6 Å². The minimum absolute atomic E-state index is 0.164. The number of aryl methyl sites for hydroxylation is 2. The maximum absolute atomic E-state index is 13.4. The van der Waals surface area contributed by atoms with Crippen molar-refractivity contribution in [1.82, 2.24) is 4.98 Å². The Labute approximate surface area is 172 Å². The number of thiophene rings is 1. The first-order chi connectivity index (χ1) is 13.7. The Bertz CT molecular complexity index is 1170.